The first-order valence-corrected chi connectivity index (χ1v) is 7.96. The SMILES string of the molecule is C=C(Nc1cc(C)cnc1NC)c1ccccc1SCC. The van der Waals surface area contributed by atoms with Crippen LogP contribution in [0.15, 0.2) is 48.0 Å². The van der Waals surface area contributed by atoms with Crippen LogP contribution < -0.4 is 10.6 Å². The summed E-state index contributed by atoms with van der Waals surface area (Å²) in [6.45, 7) is 8.37. The molecule has 0 saturated carbocycles. The van der Waals surface area contributed by atoms with E-state index in [0.29, 0.717) is 0 Å². The Morgan fingerprint density at radius 1 is 1.33 bits per heavy atom. The number of nitrogens with one attached hydrogen (secondary N) is 2. The maximum absolute atomic E-state index is 4.38. The molecule has 0 aliphatic carbocycles. The average molecular weight is 299 g/mol. The summed E-state index contributed by atoms with van der Waals surface area (Å²) in [4.78, 5) is 5.62. The van der Waals surface area contributed by atoms with Gasteiger partial charge in [0.15, 0.2) is 0 Å². The zero-order valence-electron chi connectivity index (χ0n) is 12.7. The molecule has 1 heterocycles. The van der Waals surface area contributed by atoms with Gasteiger partial charge in [0.1, 0.15) is 5.82 Å². The lowest BCUT2D eigenvalue weighted by Gasteiger charge is -2.16. The van der Waals surface area contributed by atoms with Gasteiger partial charge in [0.25, 0.3) is 0 Å². The number of pyridine rings is 1. The molecule has 0 fully saturated rings. The number of benzene rings is 1. The molecule has 0 unspecified atom stereocenters. The Hall–Kier alpha value is -1.94. The maximum Gasteiger partial charge on any atom is 0.149 e. The van der Waals surface area contributed by atoms with Gasteiger partial charge in [-0.05, 0) is 30.4 Å². The van der Waals surface area contributed by atoms with Gasteiger partial charge in [-0.2, -0.15) is 0 Å². The molecule has 0 aliphatic heterocycles. The van der Waals surface area contributed by atoms with Crippen LogP contribution in [0.3, 0.4) is 0 Å². The van der Waals surface area contributed by atoms with Crippen LogP contribution in [0.2, 0.25) is 0 Å². The zero-order valence-corrected chi connectivity index (χ0v) is 13.6. The third-order valence-corrected chi connectivity index (χ3v) is 4.01. The number of rotatable bonds is 6. The summed E-state index contributed by atoms with van der Waals surface area (Å²) in [5.41, 5.74) is 4.07. The normalized spacial score (nSPS) is 10.2. The van der Waals surface area contributed by atoms with Crippen molar-refractivity contribution < 1.29 is 0 Å². The second-order valence-electron chi connectivity index (χ2n) is 4.69. The molecule has 21 heavy (non-hydrogen) atoms. The van der Waals surface area contributed by atoms with Crippen molar-refractivity contribution >= 4 is 29.0 Å². The number of hydrogen-bond acceptors (Lipinski definition) is 4. The topological polar surface area (TPSA) is 37.0 Å². The molecule has 3 nitrogen and oxygen atoms in total. The highest BCUT2D eigenvalue weighted by molar-refractivity contribution is 7.99. The molecular formula is C17H21N3S. The van der Waals surface area contributed by atoms with Gasteiger partial charge in [-0.1, -0.05) is 31.7 Å². The van der Waals surface area contributed by atoms with Crippen molar-refractivity contribution in [1.29, 1.82) is 0 Å². The minimum atomic E-state index is 0.822. The van der Waals surface area contributed by atoms with Gasteiger partial charge in [-0.3, -0.25) is 0 Å². The fraction of sp³-hybridized carbons (Fsp3) is 0.235. The third-order valence-electron chi connectivity index (χ3n) is 3.06. The van der Waals surface area contributed by atoms with Crippen LogP contribution in [0.4, 0.5) is 11.5 Å². The summed E-state index contributed by atoms with van der Waals surface area (Å²) in [6, 6.07) is 10.4. The van der Waals surface area contributed by atoms with Gasteiger partial charge in [-0.15, -0.1) is 11.8 Å². The number of hydrogen-bond donors (Lipinski definition) is 2. The molecular weight excluding hydrogens is 278 g/mol. The third kappa shape index (κ3) is 3.79. The summed E-state index contributed by atoms with van der Waals surface area (Å²) in [7, 11) is 1.87. The Morgan fingerprint density at radius 2 is 2.10 bits per heavy atom. The Bertz CT molecular complexity index is 638. The van der Waals surface area contributed by atoms with E-state index in [1.165, 1.54) is 4.90 Å². The molecule has 0 spiro atoms. The first-order valence-electron chi connectivity index (χ1n) is 6.98. The van der Waals surface area contributed by atoms with E-state index in [0.717, 1.165) is 34.1 Å². The number of aromatic nitrogens is 1. The minimum Gasteiger partial charge on any atom is -0.371 e. The molecule has 4 heteroatoms. The Labute approximate surface area is 130 Å². The Balaban J connectivity index is 2.28. The Kier molecular flexibility index (Phi) is 5.28. The van der Waals surface area contributed by atoms with E-state index in [2.05, 4.69) is 53.4 Å². The van der Waals surface area contributed by atoms with E-state index < -0.39 is 0 Å². The van der Waals surface area contributed by atoms with Crippen molar-refractivity contribution in [2.45, 2.75) is 18.7 Å². The fourth-order valence-corrected chi connectivity index (χ4v) is 2.92. The quantitative estimate of drug-likeness (QED) is 0.763. The second-order valence-corrected chi connectivity index (χ2v) is 6.00. The molecule has 1 aromatic carbocycles. The zero-order chi connectivity index (χ0) is 15.2. The number of anilines is 2. The lowest BCUT2D eigenvalue weighted by atomic mass is 10.1. The molecule has 0 radical (unpaired) electrons. The van der Waals surface area contributed by atoms with Crippen LogP contribution in [-0.4, -0.2) is 17.8 Å². The second kappa shape index (κ2) is 7.18. The average Bonchev–Trinajstić information content (AvgIpc) is 2.48. The Morgan fingerprint density at radius 3 is 2.81 bits per heavy atom. The lowest BCUT2D eigenvalue weighted by molar-refractivity contribution is 1.24. The van der Waals surface area contributed by atoms with E-state index in [1.807, 2.05) is 38.0 Å². The summed E-state index contributed by atoms with van der Waals surface area (Å²) in [5, 5.41) is 6.48. The van der Waals surface area contributed by atoms with Crippen LogP contribution in [0.1, 0.15) is 18.1 Å². The monoisotopic (exact) mass is 299 g/mol. The lowest BCUT2D eigenvalue weighted by Crippen LogP contribution is -2.04. The van der Waals surface area contributed by atoms with Crippen molar-refractivity contribution in [3.05, 3.63) is 54.2 Å². The van der Waals surface area contributed by atoms with Crippen LogP contribution in [0.25, 0.3) is 5.70 Å². The highest BCUT2D eigenvalue weighted by Gasteiger charge is 2.09. The maximum atomic E-state index is 4.38. The van der Waals surface area contributed by atoms with Gasteiger partial charge < -0.3 is 10.6 Å². The largest absolute Gasteiger partial charge is 0.371 e. The highest BCUT2D eigenvalue weighted by Crippen LogP contribution is 2.30. The van der Waals surface area contributed by atoms with Crippen molar-refractivity contribution in [2.75, 3.05) is 23.4 Å². The molecule has 1 aromatic heterocycles. The molecule has 110 valence electrons. The van der Waals surface area contributed by atoms with Gasteiger partial charge >= 0.3 is 0 Å². The van der Waals surface area contributed by atoms with Gasteiger partial charge in [-0.25, -0.2) is 4.98 Å². The van der Waals surface area contributed by atoms with Crippen LogP contribution in [-0.2, 0) is 0 Å². The summed E-state index contributed by atoms with van der Waals surface area (Å²) >= 11 is 1.82. The van der Waals surface area contributed by atoms with E-state index in [9.17, 15) is 0 Å². The van der Waals surface area contributed by atoms with Gasteiger partial charge in [0, 0.05) is 29.4 Å². The van der Waals surface area contributed by atoms with Gasteiger partial charge in [0.2, 0.25) is 0 Å². The molecule has 0 saturated heterocycles. The van der Waals surface area contributed by atoms with Crippen molar-refractivity contribution in [3.8, 4) is 0 Å². The smallest absolute Gasteiger partial charge is 0.149 e. The summed E-state index contributed by atoms with van der Waals surface area (Å²) < 4.78 is 0. The standard InChI is InChI=1S/C17H21N3S/c1-5-21-16-9-7-6-8-14(16)13(3)20-15-10-12(2)11-19-17(15)18-4/h6-11,20H,3,5H2,1-2,4H3,(H,18,19). The predicted molar refractivity (Wildman–Crippen MR) is 94.0 cm³/mol. The molecule has 0 amide bonds. The molecule has 0 bridgehead atoms. The molecule has 2 rings (SSSR count). The van der Waals surface area contributed by atoms with Crippen LogP contribution in [0.5, 0.6) is 0 Å². The number of aryl methyl sites for hydroxylation is 1. The fourth-order valence-electron chi connectivity index (χ4n) is 2.09. The first kappa shape index (κ1) is 15.4. The molecule has 2 N–H and O–H groups in total. The molecule has 0 aliphatic rings. The van der Waals surface area contributed by atoms with Crippen LogP contribution in [0, 0.1) is 6.92 Å². The highest BCUT2D eigenvalue weighted by atomic mass is 32.2. The van der Waals surface area contributed by atoms with Crippen molar-refractivity contribution in [3.63, 3.8) is 0 Å². The summed E-state index contributed by atoms with van der Waals surface area (Å²) in [6.07, 6.45) is 1.85. The first-order chi connectivity index (χ1) is 10.2. The van der Waals surface area contributed by atoms with E-state index in [1.54, 1.807) is 0 Å². The van der Waals surface area contributed by atoms with Gasteiger partial charge in [0.05, 0.1) is 5.69 Å². The molecule has 0 atom stereocenters. The predicted octanol–water partition coefficient (Wildman–Crippen LogP) is 4.63. The summed E-state index contributed by atoms with van der Waals surface area (Å²) in [5.74, 6) is 1.86. The molecule has 2 aromatic rings. The van der Waals surface area contributed by atoms with Crippen molar-refractivity contribution in [2.24, 2.45) is 0 Å². The van der Waals surface area contributed by atoms with E-state index in [-0.39, 0.29) is 0 Å². The number of thioether (sulfide) groups is 1. The minimum absolute atomic E-state index is 0.822. The van der Waals surface area contributed by atoms with Crippen LogP contribution >= 0.6 is 11.8 Å². The number of nitrogens with zero attached hydrogens (tertiary/aromatic N) is 1. The van der Waals surface area contributed by atoms with E-state index >= 15 is 0 Å². The van der Waals surface area contributed by atoms with Crippen molar-refractivity contribution in [1.82, 2.24) is 4.98 Å². The van der Waals surface area contributed by atoms with E-state index in [4.69, 9.17) is 0 Å².